The topological polar surface area (TPSA) is 0 Å². The zero-order chi connectivity index (χ0) is 17.4. The molecule has 0 fully saturated rings. The number of hydrogen-bond acceptors (Lipinski definition) is 0. The van der Waals surface area contributed by atoms with Crippen molar-refractivity contribution < 1.29 is 0 Å². The zero-order valence-corrected chi connectivity index (χ0v) is 16.7. The van der Waals surface area contributed by atoms with Gasteiger partial charge in [0.1, 0.15) is 0 Å². The fraction of sp³-hybridized carbons (Fsp3) is 0.727. The van der Waals surface area contributed by atoms with Crippen LogP contribution >= 0.6 is 0 Å². The molecule has 0 heteroatoms. The molecule has 0 spiro atoms. The zero-order valence-electron chi connectivity index (χ0n) is 16.7. The molecule has 0 aliphatic carbocycles. The lowest BCUT2D eigenvalue weighted by atomic mass is 9.70. The van der Waals surface area contributed by atoms with Gasteiger partial charge in [0.25, 0.3) is 0 Å². The third-order valence-electron chi connectivity index (χ3n) is 4.39. The Morgan fingerprint density at radius 3 is 0.909 bits per heavy atom. The van der Waals surface area contributed by atoms with Crippen LogP contribution in [0.15, 0.2) is 24.3 Å². The lowest BCUT2D eigenvalue weighted by Gasteiger charge is -2.35. The number of benzene rings is 1. The van der Waals surface area contributed by atoms with E-state index in [1.54, 1.807) is 0 Å². The van der Waals surface area contributed by atoms with Crippen LogP contribution in [0.2, 0.25) is 0 Å². The quantitative estimate of drug-likeness (QED) is 0.555. The molecule has 0 atom stereocenters. The highest BCUT2D eigenvalue weighted by molar-refractivity contribution is 5.32. The first kappa shape index (κ1) is 19.3. The highest BCUT2D eigenvalue weighted by Gasteiger charge is 2.29. The summed E-state index contributed by atoms with van der Waals surface area (Å²) in [4.78, 5) is 0. The Bertz CT molecular complexity index is 425. The van der Waals surface area contributed by atoms with Crippen molar-refractivity contribution in [2.75, 3.05) is 0 Å². The van der Waals surface area contributed by atoms with Crippen LogP contribution in [0.5, 0.6) is 0 Å². The van der Waals surface area contributed by atoms with Gasteiger partial charge < -0.3 is 0 Å². The molecule has 1 aromatic rings. The predicted octanol–water partition coefficient (Wildman–Crippen LogP) is 7.11. The molecule has 0 amide bonds. The maximum absolute atomic E-state index is 2.37. The van der Waals surface area contributed by atoms with E-state index in [1.807, 2.05) is 0 Å². The van der Waals surface area contributed by atoms with E-state index in [-0.39, 0.29) is 10.8 Å². The van der Waals surface area contributed by atoms with Crippen molar-refractivity contribution in [3.05, 3.63) is 35.4 Å². The molecular weight excluding hydrogens is 264 g/mol. The molecule has 0 radical (unpaired) electrons. The highest BCUT2D eigenvalue weighted by Crippen LogP contribution is 2.39. The van der Waals surface area contributed by atoms with Gasteiger partial charge in [-0.1, -0.05) is 93.5 Å². The van der Waals surface area contributed by atoms with E-state index < -0.39 is 0 Å². The summed E-state index contributed by atoms with van der Waals surface area (Å²) >= 11 is 0. The Balaban J connectivity index is 3.00. The van der Waals surface area contributed by atoms with Gasteiger partial charge in [-0.25, -0.2) is 0 Å². The molecule has 0 aliphatic heterocycles. The highest BCUT2D eigenvalue weighted by atomic mass is 14.3. The molecule has 0 aromatic heterocycles. The molecule has 0 nitrogen and oxygen atoms in total. The van der Waals surface area contributed by atoms with Gasteiger partial charge in [-0.05, 0) is 45.6 Å². The lowest BCUT2D eigenvalue weighted by molar-refractivity contribution is 0.280. The summed E-state index contributed by atoms with van der Waals surface area (Å²) in [6.07, 6.45) is 2.40. The molecule has 0 aliphatic rings. The van der Waals surface area contributed by atoms with Crippen molar-refractivity contribution >= 4 is 0 Å². The van der Waals surface area contributed by atoms with Gasteiger partial charge in [0.05, 0.1) is 0 Å². The lowest BCUT2D eigenvalue weighted by Crippen LogP contribution is -2.26. The van der Waals surface area contributed by atoms with Crippen molar-refractivity contribution in [1.29, 1.82) is 0 Å². The van der Waals surface area contributed by atoms with Crippen LogP contribution in [0, 0.1) is 10.8 Å². The van der Waals surface area contributed by atoms with Crippen molar-refractivity contribution in [2.45, 2.75) is 92.9 Å². The molecule has 1 rings (SSSR count). The van der Waals surface area contributed by atoms with Crippen molar-refractivity contribution in [3.63, 3.8) is 0 Å². The first-order valence-electron chi connectivity index (χ1n) is 8.74. The summed E-state index contributed by atoms with van der Waals surface area (Å²) in [7, 11) is 0. The van der Waals surface area contributed by atoms with Crippen molar-refractivity contribution in [1.82, 2.24) is 0 Å². The molecule has 0 saturated carbocycles. The largest absolute Gasteiger partial charge is 0.0601 e. The Morgan fingerprint density at radius 2 is 0.727 bits per heavy atom. The predicted molar refractivity (Wildman–Crippen MR) is 101 cm³/mol. The average molecular weight is 303 g/mol. The Kier molecular flexibility index (Phi) is 5.27. The molecule has 0 saturated heterocycles. The van der Waals surface area contributed by atoms with Gasteiger partial charge >= 0.3 is 0 Å². The minimum absolute atomic E-state index is 0.227. The summed E-state index contributed by atoms with van der Waals surface area (Å²) in [6.45, 7) is 23.4. The van der Waals surface area contributed by atoms with E-state index >= 15 is 0 Å². The fourth-order valence-electron chi connectivity index (χ4n) is 4.23. The van der Waals surface area contributed by atoms with Gasteiger partial charge in [0, 0.05) is 0 Å². The monoisotopic (exact) mass is 302 g/mol. The van der Waals surface area contributed by atoms with Crippen molar-refractivity contribution in [2.24, 2.45) is 10.8 Å². The summed E-state index contributed by atoms with van der Waals surface area (Å²) in [5.41, 5.74) is 4.08. The minimum Gasteiger partial charge on any atom is -0.0601 e. The first-order chi connectivity index (χ1) is 9.62. The fourth-order valence-corrected chi connectivity index (χ4v) is 4.23. The second kappa shape index (κ2) is 6.02. The van der Waals surface area contributed by atoms with Crippen LogP contribution in [0.3, 0.4) is 0 Å². The van der Waals surface area contributed by atoms with Gasteiger partial charge in [0.15, 0.2) is 0 Å². The SMILES string of the molecule is CC(C)(C)CC(C)(C)c1ccc(C(C)(C)CC(C)(C)C)cc1. The third-order valence-corrected chi connectivity index (χ3v) is 4.39. The van der Waals surface area contributed by atoms with Gasteiger partial charge in [0.2, 0.25) is 0 Å². The van der Waals surface area contributed by atoms with Crippen LogP contribution in [-0.2, 0) is 10.8 Å². The van der Waals surface area contributed by atoms with E-state index in [9.17, 15) is 0 Å². The van der Waals surface area contributed by atoms with E-state index in [0.29, 0.717) is 10.8 Å². The minimum atomic E-state index is 0.227. The van der Waals surface area contributed by atoms with Crippen LogP contribution in [-0.4, -0.2) is 0 Å². The molecule has 0 N–H and O–H groups in total. The van der Waals surface area contributed by atoms with Crippen LogP contribution in [0.4, 0.5) is 0 Å². The average Bonchev–Trinajstić information content (AvgIpc) is 2.22. The second-order valence-corrected chi connectivity index (χ2v) is 10.8. The van der Waals surface area contributed by atoms with Gasteiger partial charge in [-0.3, -0.25) is 0 Å². The van der Waals surface area contributed by atoms with Crippen molar-refractivity contribution in [3.8, 4) is 0 Å². The maximum atomic E-state index is 2.37. The summed E-state index contributed by atoms with van der Waals surface area (Å²) in [5.74, 6) is 0. The van der Waals surface area contributed by atoms with E-state index in [1.165, 1.54) is 24.0 Å². The van der Waals surface area contributed by atoms with Gasteiger partial charge in [-0.2, -0.15) is 0 Å². The van der Waals surface area contributed by atoms with E-state index in [4.69, 9.17) is 0 Å². The van der Waals surface area contributed by atoms with Crippen LogP contribution in [0.1, 0.15) is 93.2 Å². The number of hydrogen-bond donors (Lipinski definition) is 0. The smallest absolute Gasteiger partial charge is 0.00986 e. The molecule has 1 aromatic carbocycles. The van der Waals surface area contributed by atoms with E-state index in [2.05, 4.69) is 93.5 Å². The number of rotatable bonds is 4. The molecule has 126 valence electrons. The summed E-state index contributed by atoms with van der Waals surface area (Å²) in [5, 5.41) is 0. The Labute approximate surface area is 139 Å². The Morgan fingerprint density at radius 1 is 0.500 bits per heavy atom. The molecule has 0 heterocycles. The second-order valence-electron chi connectivity index (χ2n) is 10.8. The molecule has 0 bridgehead atoms. The third kappa shape index (κ3) is 5.78. The summed E-state index contributed by atoms with van der Waals surface area (Å²) in [6, 6.07) is 9.41. The van der Waals surface area contributed by atoms with Crippen LogP contribution < -0.4 is 0 Å². The van der Waals surface area contributed by atoms with Gasteiger partial charge in [-0.15, -0.1) is 0 Å². The Hall–Kier alpha value is -0.780. The molecular formula is C22H38. The summed E-state index contributed by atoms with van der Waals surface area (Å²) < 4.78 is 0. The molecule has 0 unspecified atom stereocenters. The molecule has 22 heavy (non-hydrogen) atoms. The normalized spacial score (nSPS) is 14.3. The van der Waals surface area contributed by atoms with E-state index in [0.717, 1.165) is 0 Å². The van der Waals surface area contributed by atoms with Crippen LogP contribution in [0.25, 0.3) is 0 Å². The maximum Gasteiger partial charge on any atom is -0.00986 e. The standard InChI is InChI=1S/C22H38/c1-19(2,3)15-21(7,8)17-11-13-18(14-12-17)22(9,10)16-20(4,5)6/h11-14H,15-16H2,1-10H3. The first-order valence-corrected chi connectivity index (χ1v) is 8.74.